The molecule has 3 nitrogen and oxygen atoms in total. The molecule has 3 rings (SSSR count). The molecule has 0 saturated heterocycles. The molecular weight excluding hydrogens is 323 g/mol. The maximum atomic E-state index is 13.4. The zero-order chi connectivity index (χ0) is 16.9. The second kappa shape index (κ2) is 7.66. The maximum Gasteiger partial charge on any atom is 0.128 e. The molecule has 2 N–H and O–H groups in total. The second-order valence-electron chi connectivity index (χ2n) is 5.69. The average Bonchev–Trinajstić information content (AvgIpc) is 3.06. The lowest BCUT2D eigenvalue weighted by Gasteiger charge is -2.06. The van der Waals surface area contributed by atoms with Crippen LogP contribution in [0.5, 0.6) is 0 Å². The van der Waals surface area contributed by atoms with Crippen LogP contribution in [-0.4, -0.2) is 10.1 Å². The first kappa shape index (κ1) is 16.8. The number of aryl methyl sites for hydroxylation is 1. The molecular formula is C19H19FN2OS. The Bertz CT molecular complexity index is 814. The Kier molecular flexibility index (Phi) is 5.35. The molecule has 0 aliphatic heterocycles. The fourth-order valence-corrected chi connectivity index (χ4v) is 3.30. The number of halogens is 1. The lowest BCUT2D eigenvalue weighted by molar-refractivity contribution is 0.275. The second-order valence-corrected chi connectivity index (χ2v) is 6.80. The van der Waals surface area contributed by atoms with Crippen molar-refractivity contribution in [2.45, 2.75) is 26.6 Å². The van der Waals surface area contributed by atoms with Crippen molar-refractivity contribution in [3.05, 3.63) is 76.0 Å². The van der Waals surface area contributed by atoms with Crippen LogP contribution in [0.1, 0.15) is 21.6 Å². The molecule has 0 aliphatic carbocycles. The minimum absolute atomic E-state index is 0.283. The first-order valence-electron chi connectivity index (χ1n) is 7.76. The molecule has 0 bridgehead atoms. The van der Waals surface area contributed by atoms with Crippen molar-refractivity contribution >= 4 is 11.3 Å². The van der Waals surface area contributed by atoms with E-state index in [1.54, 1.807) is 23.5 Å². The molecule has 0 aliphatic rings. The molecule has 0 unspecified atom stereocenters. The fraction of sp³-hybridized carbons (Fsp3) is 0.211. The highest BCUT2D eigenvalue weighted by Gasteiger charge is 2.06. The molecule has 0 saturated carbocycles. The summed E-state index contributed by atoms with van der Waals surface area (Å²) in [6, 6.07) is 13.1. The van der Waals surface area contributed by atoms with E-state index in [0.717, 1.165) is 21.0 Å². The summed E-state index contributed by atoms with van der Waals surface area (Å²) in [7, 11) is 0. The number of nitrogens with one attached hydrogen (secondary N) is 1. The summed E-state index contributed by atoms with van der Waals surface area (Å²) in [6.07, 6.45) is 1.89. The largest absolute Gasteiger partial charge is 0.392 e. The van der Waals surface area contributed by atoms with Crippen LogP contribution < -0.4 is 5.32 Å². The third-order valence-electron chi connectivity index (χ3n) is 3.76. The van der Waals surface area contributed by atoms with Crippen molar-refractivity contribution in [3.8, 4) is 10.6 Å². The molecule has 0 atom stereocenters. The van der Waals surface area contributed by atoms with Gasteiger partial charge < -0.3 is 10.4 Å². The number of nitrogens with zero attached hydrogens (tertiary/aromatic N) is 1. The Labute approximate surface area is 144 Å². The van der Waals surface area contributed by atoms with Crippen molar-refractivity contribution < 1.29 is 9.50 Å². The molecule has 0 fully saturated rings. The lowest BCUT2D eigenvalue weighted by Crippen LogP contribution is -2.12. The van der Waals surface area contributed by atoms with E-state index in [0.29, 0.717) is 18.7 Å². The highest BCUT2D eigenvalue weighted by atomic mass is 32.1. The monoisotopic (exact) mass is 342 g/mol. The number of hydrogen-bond donors (Lipinski definition) is 2. The minimum Gasteiger partial charge on any atom is -0.392 e. The van der Waals surface area contributed by atoms with Gasteiger partial charge in [0, 0.05) is 35.3 Å². The van der Waals surface area contributed by atoms with Crippen LogP contribution >= 0.6 is 11.3 Å². The van der Waals surface area contributed by atoms with Gasteiger partial charge in [-0.3, -0.25) is 0 Å². The van der Waals surface area contributed by atoms with Gasteiger partial charge in [-0.2, -0.15) is 0 Å². The van der Waals surface area contributed by atoms with E-state index in [-0.39, 0.29) is 12.4 Å². The predicted octanol–water partition coefficient (Wildman–Crippen LogP) is 4.04. The number of rotatable bonds is 6. The van der Waals surface area contributed by atoms with Gasteiger partial charge in [0.2, 0.25) is 0 Å². The number of benzene rings is 2. The Morgan fingerprint density at radius 3 is 2.67 bits per heavy atom. The summed E-state index contributed by atoms with van der Waals surface area (Å²) < 4.78 is 13.4. The quantitative estimate of drug-likeness (QED) is 0.711. The molecule has 0 amide bonds. The van der Waals surface area contributed by atoms with Crippen molar-refractivity contribution in [2.24, 2.45) is 0 Å². The van der Waals surface area contributed by atoms with Crippen LogP contribution in [0.15, 0.2) is 48.7 Å². The third-order valence-corrected chi connectivity index (χ3v) is 4.81. The van der Waals surface area contributed by atoms with Crippen molar-refractivity contribution in [2.75, 3.05) is 0 Å². The SMILES string of the molecule is Cc1ccc(-c2ncc(CNCc3ccc(F)c(CO)c3)s2)cc1. The molecule has 1 aromatic heterocycles. The van der Waals surface area contributed by atoms with Crippen molar-refractivity contribution in [1.82, 2.24) is 10.3 Å². The van der Waals surface area contributed by atoms with Crippen LogP contribution in [0.25, 0.3) is 10.6 Å². The Balaban J connectivity index is 1.59. The zero-order valence-corrected chi connectivity index (χ0v) is 14.2. The molecule has 124 valence electrons. The molecule has 0 spiro atoms. The van der Waals surface area contributed by atoms with Crippen LogP contribution in [0.4, 0.5) is 4.39 Å². The van der Waals surface area contributed by atoms with Gasteiger partial charge in [-0.1, -0.05) is 35.9 Å². The van der Waals surface area contributed by atoms with Crippen molar-refractivity contribution in [1.29, 1.82) is 0 Å². The highest BCUT2D eigenvalue weighted by Crippen LogP contribution is 2.25. The smallest absolute Gasteiger partial charge is 0.128 e. The number of aromatic nitrogens is 1. The normalized spacial score (nSPS) is 11.0. The average molecular weight is 342 g/mol. The lowest BCUT2D eigenvalue weighted by atomic mass is 10.1. The summed E-state index contributed by atoms with van der Waals surface area (Å²) >= 11 is 1.66. The highest BCUT2D eigenvalue weighted by molar-refractivity contribution is 7.15. The fourth-order valence-electron chi connectivity index (χ4n) is 2.41. The van der Waals surface area contributed by atoms with E-state index >= 15 is 0 Å². The van der Waals surface area contributed by atoms with E-state index in [2.05, 4.69) is 41.5 Å². The van der Waals surface area contributed by atoms with E-state index in [9.17, 15) is 4.39 Å². The molecule has 0 radical (unpaired) electrons. The van der Waals surface area contributed by atoms with Crippen LogP contribution in [0.3, 0.4) is 0 Å². The van der Waals surface area contributed by atoms with Gasteiger partial charge >= 0.3 is 0 Å². The van der Waals surface area contributed by atoms with Gasteiger partial charge in [-0.25, -0.2) is 9.37 Å². The summed E-state index contributed by atoms with van der Waals surface area (Å²) in [5, 5.41) is 13.4. The third kappa shape index (κ3) is 4.06. The van der Waals surface area contributed by atoms with E-state index in [4.69, 9.17) is 5.11 Å². The van der Waals surface area contributed by atoms with Crippen LogP contribution in [-0.2, 0) is 19.7 Å². The van der Waals surface area contributed by atoms with Gasteiger partial charge in [0.05, 0.1) is 6.61 Å². The Morgan fingerprint density at radius 1 is 1.12 bits per heavy atom. The molecule has 5 heteroatoms. The topological polar surface area (TPSA) is 45.2 Å². The van der Waals surface area contributed by atoms with Crippen LogP contribution in [0.2, 0.25) is 0 Å². The summed E-state index contributed by atoms with van der Waals surface area (Å²) in [4.78, 5) is 5.62. The number of aliphatic hydroxyl groups is 1. The predicted molar refractivity (Wildman–Crippen MR) is 95.2 cm³/mol. The molecule has 24 heavy (non-hydrogen) atoms. The standard InChI is InChI=1S/C19H19FN2OS/c1-13-2-5-15(6-3-13)19-22-11-17(24-19)10-21-9-14-4-7-18(20)16(8-14)12-23/h2-8,11,21,23H,9-10,12H2,1H3. The summed E-state index contributed by atoms with van der Waals surface area (Å²) in [5.74, 6) is -0.369. The van der Waals surface area contributed by atoms with Gasteiger partial charge in [0.15, 0.2) is 0 Å². The number of thiazole rings is 1. The summed E-state index contributed by atoms with van der Waals surface area (Å²) in [5.41, 5.74) is 3.64. The summed E-state index contributed by atoms with van der Waals surface area (Å²) in [6.45, 7) is 3.10. The maximum absolute atomic E-state index is 13.4. The Morgan fingerprint density at radius 2 is 1.92 bits per heavy atom. The van der Waals surface area contributed by atoms with Gasteiger partial charge in [-0.15, -0.1) is 11.3 Å². The first-order valence-corrected chi connectivity index (χ1v) is 8.58. The molecule has 1 heterocycles. The molecule has 2 aromatic carbocycles. The number of hydrogen-bond acceptors (Lipinski definition) is 4. The first-order chi connectivity index (χ1) is 11.7. The van der Waals surface area contributed by atoms with Gasteiger partial charge in [0.25, 0.3) is 0 Å². The van der Waals surface area contributed by atoms with E-state index in [1.807, 2.05) is 6.20 Å². The number of aliphatic hydroxyl groups excluding tert-OH is 1. The van der Waals surface area contributed by atoms with E-state index in [1.165, 1.54) is 11.6 Å². The van der Waals surface area contributed by atoms with Gasteiger partial charge in [0.1, 0.15) is 10.8 Å². The zero-order valence-electron chi connectivity index (χ0n) is 13.4. The molecule has 3 aromatic rings. The minimum atomic E-state index is -0.369. The van der Waals surface area contributed by atoms with Crippen molar-refractivity contribution in [3.63, 3.8) is 0 Å². The van der Waals surface area contributed by atoms with E-state index < -0.39 is 0 Å². The Hall–Kier alpha value is -2.08. The van der Waals surface area contributed by atoms with Gasteiger partial charge in [-0.05, 0) is 24.6 Å². The van der Waals surface area contributed by atoms with Crippen LogP contribution in [0, 0.1) is 12.7 Å².